The van der Waals surface area contributed by atoms with Crippen molar-refractivity contribution in [1.29, 1.82) is 0 Å². The molecule has 0 aliphatic carbocycles. The second-order valence-corrected chi connectivity index (χ2v) is 3.66. The molecule has 102 valence electrons. The molecule has 0 atom stereocenters. The number of aromatic amines is 1. The van der Waals surface area contributed by atoms with Crippen LogP contribution in [0.15, 0.2) is 40.4 Å². The minimum Gasteiger partial charge on any atom is -0.465 e. The molecule has 8 heteroatoms. The third-order valence-corrected chi connectivity index (χ3v) is 2.29. The van der Waals surface area contributed by atoms with E-state index in [2.05, 4.69) is 30.4 Å². The van der Waals surface area contributed by atoms with Crippen molar-refractivity contribution in [2.24, 2.45) is 5.10 Å². The SMILES string of the molecule is COC(=O)c1ccc(/C=N/Nc2cn[nH]c(=O)n2)cc1. The lowest BCUT2D eigenvalue weighted by molar-refractivity contribution is 0.0601. The summed E-state index contributed by atoms with van der Waals surface area (Å²) < 4.78 is 4.59. The van der Waals surface area contributed by atoms with E-state index >= 15 is 0 Å². The molecule has 1 aromatic heterocycles. The summed E-state index contributed by atoms with van der Waals surface area (Å²) in [6.45, 7) is 0. The molecule has 2 rings (SSSR count). The number of rotatable bonds is 4. The third-order valence-electron chi connectivity index (χ3n) is 2.29. The van der Waals surface area contributed by atoms with Gasteiger partial charge in [-0.15, -0.1) is 0 Å². The van der Waals surface area contributed by atoms with Gasteiger partial charge in [-0.1, -0.05) is 12.1 Å². The Morgan fingerprint density at radius 2 is 2.15 bits per heavy atom. The summed E-state index contributed by atoms with van der Waals surface area (Å²) in [4.78, 5) is 25.7. The number of hydrogen-bond acceptors (Lipinski definition) is 7. The molecule has 20 heavy (non-hydrogen) atoms. The van der Waals surface area contributed by atoms with Crippen LogP contribution in [0.3, 0.4) is 0 Å². The molecule has 0 spiro atoms. The van der Waals surface area contributed by atoms with E-state index in [9.17, 15) is 9.59 Å². The Hall–Kier alpha value is -3.03. The van der Waals surface area contributed by atoms with Gasteiger partial charge in [-0.3, -0.25) is 5.43 Å². The van der Waals surface area contributed by atoms with Crippen molar-refractivity contribution in [2.75, 3.05) is 12.5 Å². The van der Waals surface area contributed by atoms with Crippen molar-refractivity contribution in [3.05, 3.63) is 52.1 Å². The number of esters is 1. The van der Waals surface area contributed by atoms with E-state index in [1.54, 1.807) is 24.3 Å². The van der Waals surface area contributed by atoms with Crippen molar-refractivity contribution in [3.8, 4) is 0 Å². The first-order valence-corrected chi connectivity index (χ1v) is 5.58. The number of H-pyrrole nitrogens is 1. The first-order valence-electron chi connectivity index (χ1n) is 5.58. The molecule has 0 fully saturated rings. The van der Waals surface area contributed by atoms with Gasteiger partial charge in [0.1, 0.15) is 0 Å². The average Bonchev–Trinajstić information content (AvgIpc) is 2.47. The molecule has 0 bridgehead atoms. The average molecular weight is 273 g/mol. The second kappa shape index (κ2) is 6.23. The molecular formula is C12H11N5O3. The van der Waals surface area contributed by atoms with Gasteiger partial charge in [-0.05, 0) is 17.7 Å². The molecule has 1 aromatic carbocycles. The van der Waals surface area contributed by atoms with Gasteiger partial charge in [0.25, 0.3) is 0 Å². The number of aromatic nitrogens is 3. The van der Waals surface area contributed by atoms with Crippen molar-refractivity contribution < 1.29 is 9.53 Å². The number of benzene rings is 1. The Kier molecular flexibility index (Phi) is 4.17. The molecule has 2 N–H and O–H groups in total. The first-order chi connectivity index (χ1) is 9.69. The van der Waals surface area contributed by atoms with E-state index in [1.165, 1.54) is 19.5 Å². The minimum absolute atomic E-state index is 0.233. The minimum atomic E-state index is -0.562. The highest BCUT2D eigenvalue weighted by atomic mass is 16.5. The number of anilines is 1. The normalized spacial score (nSPS) is 10.4. The van der Waals surface area contributed by atoms with Gasteiger partial charge in [-0.2, -0.15) is 15.2 Å². The number of hydrazone groups is 1. The van der Waals surface area contributed by atoms with Crippen LogP contribution in [0.5, 0.6) is 0 Å². The Bertz CT molecular complexity index is 678. The van der Waals surface area contributed by atoms with Crippen molar-refractivity contribution in [2.45, 2.75) is 0 Å². The van der Waals surface area contributed by atoms with Crippen LogP contribution in [0.1, 0.15) is 15.9 Å². The van der Waals surface area contributed by atoms with E-state index < -0.39 is 11.7 Å². The summed E-state index contributed by atoms with van der Waals surface area (Å²) in [5, 5.41) is 9.61. The predicted octanol–water partition coefficient (Wildman–Crippen LogP) is 0.397. The molecule has 1 heterocycles. The van der Waals surface area contributed by atoms with Crippen molar-refractivity contribution >= 4 is 18.0 Å². The van der Waals surface area contributed by atoms with E-state index in [0.717, 1.165) is 5.56 Å². The monoisotopic (exact) mass is 273 g/mol. The van der Waals surface area contributed by atoms with Crippen LogP contribution in [0.4, 0.5) is 5.82 Å². The zero-order valence-corrected chi connectivity index (χ0v) is 10.5. The zero-order chi connectivity index (χ0) is 14.4. The molecular weight excluding hydrogens is 262 g/mol. The van der Waals surface area contributed by atoms with Gasteiger partial charge in [0.05, 0.1) is 25.1 Å². The molecule has 2 aromatic rings. The fourth-order valence-corrected chi connectivity index (χ4v) is 1.36. The van der Waals surface area contributed by atoms with E-state index in [1.807, 2.05) is 0 Å². The van der Waals surface area contributed by atoms with Gasteiger partial charge < -0.3 is 4.74 Å². The number of nitrogens with one attached hydrogen (secondary N) is 2. The van der Waals surface area contributed by atoms with Gasteiger partial charge in [0, 0.05) is 0 Å². The molecule has 0 unspecified atom stereocenters. The van der Waals surface area contributed by atoms with Crippen LogP contribution in [0.2, 0.25) is 0 Å². The van der Waals surface area contributed by atoms with Gasteiger partial charge >= 0.3 is 11.7 Å². The first kappa shape index (κ1) is 13.4. The Labute approximate surface area is 113 Å². The van der Waals surface area contributed by atoms with Gasteiger partial charge in [-0.25, -0.2) is 14.7 Å². The fourth-order valence-electron chi connectivity index (χ4n) is 1.36. The standard InChI is InChI=1S/C12H11N5O3/c1-20-11(18)9-4-2-8(3-5-9)6-13-16-10-7-14-17-12(19)15-10/h2-7H,1H3,(H2,15,16,17,19)/b13-6+. The lowest BCUT2D eigenvalue weighted by Gasteiger charge is -1.99. The summed E-state index contributed by atoms with van der Waals surface area (Å²) in [5.74, 6) is -0.165. The van der Waals surface area contributed by atoms with E-state index in [0.29, 0.717) is 5.56 Å². The highest BCUT2D eigenvalue weighted by Crippen LogP contribution is 2.04. The summed E-state index contributed by atoms with van der Waals surface area (Å²) in [7, 11) is 1.32. The summed E-state index contributed by atoms with van der Waals surface area (Å²) in [6.07, 6.45) is 2.85. The maximum Gasteiger partial charge on any atom is 0.363 e. The van der Waals surface area contributed by atoms with Crippen LogP contribution in [-0.4, -0.2) is 34.5 Å². The molecule has 0 saturated carbocycles. The summed E-state index contributed by atoms with van der Waals surface area (Å²) in [6, 6.07) is 6.67. The summed E-state index contributed by atoms with van der Waals surface area (Å²) in [5.41, 5.74) is 3.23. The molecule has 0 aliphatic rings. The quantitative estimate of drug-likeness (QED) is 0.474. The van der Waals surface area contributed by atoms with Crippen LogP contribution in [0.25, 0.3) is 0 Å². The number of carbonyl (C=O) groups is 1. The Morgan fingerprint density at radius 1 is 1.40 bits per heavy atom. The van der Waals surface area contributed by atoms with Gasteiger partial charge in [0.2, 0.25) is 0 Å². The fraction of sp³-hybridized carbons (Fsp3) is 0.0833. The Morgan fingerprint density at radius 3 is 2.80 bits per heavy atom. The largest absolute Gasteiger partial charge is 0.465 e. The highest BCUT2D eigenvalue weighted by Gasteiger charge is 2.03. The number of methoxy groups -OCH3 is 1. The van der Waals surface area contributed by atoms with Crippen molar-refractivity contribution in [3.63, 3.8) is 0 Å². The molecule has 0 amide bonds. The van der Waals surface area contributed by atoms with Crippen molar-refractivity contribution in [1.82, 2.24) is 15.2 Å². The molecule has 0 aliphatic heterocycles. The lowest BCUT2D eigenvalue weighted by Crippen LogP contribution is -2.13. The van der Waals surface area contributed by atoms with Crippen LogP contribution in [-0.2, 0) is 4.74 Å². The number of carbonyl (C=O) groups excluding carboxylic acids is 1. The number of nitrogens with zero attached hydrogens (tertiary/aromatic N) is 3. The molecule has 0 radical (unpaired) electrons. The van der Waals surface area contributed by atoms with Crippen LogP contribution < -0.4 is 11.1 Å². The van der Waals surface area contributed by atoms with Crippen LogP contribution >= 0.6 is 0 Å². The number of hydrogen-bond donors (Lipinski definition) is 2. The maximum atomic E-state index is 11.2. The molecule has 0 saturated heterocycles. The predicted molar refractivity (Wildman–Crippen MR) is 71.7 cm³/mol. The van der Waals surface area contributed by atoms with E-state index in [-0.39, 0.29) is 5.82 Å². The second-order valence-electron chi connectivity index (χ2n) is 3.66. The Balaban J connectivity index is 2.01. The molecule has 8 nitrogen and oxygen atoms in total. The third kappa shape index (κ3) is 3.48. The lowest BCUT2D eigenvalue weighted by atomic mass is 10.1. The number of ether oxygens (including phenoxy) is 1. The van der Waals surface area contributed by atoms with E-state index in [4.69, 9.17) is 0 Å². The maximum absolute atomic E-state index is 11.2. The topological polar surface area (TPSA) is 109 Å². The highest BCUT2D eigenvalue weighted by molar-refractivity contribution is 5.90. The summed E-state index contributed by atoms with van der Waals surface area (Å²) >= 11 is 0. The van der Waals surface area contributed by atoms with Crippen LogP contribution in [0, 0.1) is 0 Å². The van der Waals surface area contributed by atoms with Gasteiger partial charge in [0.15, 0.2) is 5.82 Å². The smallest absolute Gasteiger partial charge is 0.363 e. The zero-order valence-electron chi connectivity index (χ0n) is 10.5.